The van der Waals surface area contributed by atoms with E-state index in [1.54, 1.807) is 37.6 Å². The zero-order valence-corrected chi connectivity index (χ0v) is 11.7. The van der Waals surface area contributed by atoms with Crippen LogP contribution in [0.1, 0.15) is 10.4 Å². The Morgan fingerprint density at radius 2 is 1.95 bits per heavy atom. The van der Waals surface area contributed by atoms with E-state index in [4.69, 9.17) is 15.2 Å². The number of pyridine rings is 1. The summed E-state index contributed by atoms with van der Waals surface area (Å²) in [5.41, 5.74) is 5.99. The summed E-state index contributed by atoms with van der Waals surface area (Å²) in [4.78, 5) is 15.7. The summed E-state index contributed by atoms with van der Waals surface area (Å²) in [5.74, 6) is 1.43. The highest BCUT2D eigenvalue weighted by molar-refractivity contribution is 5.98. The van der Waals surface area contributed by atoms with E-state index in [0.29, 0.717) is 24.5 Å². The number of anilines is 1. The van der Waals surface area contributed by atoms with Crippen LogP contribution in [0, 0.1) is 0 Å². The maximum absolute atomic E-state index is 11.9. The summed E-state index contributed by atoms with van der Waals surface area (Å²) >= 11 is 0. The van der Waals surface area contributed by atoms with Gasteiger partial charge >= 0.3 is 0 Å². The first-order valence-corrected chi connectivity index (χ1v) is 6.46. The highest BCUT2D eigenvalue weighted by atomic mass is 16.5. The number of nitrogens with one attached hydrogen (secondary N) is 1. The van der Waals surface area contributed by atoms with Gasteiger partial charge in [0.15, 0.2) is 0 Å². The summed E-state index contributed by atoms with van der Waals surface area (Å²) in [7, 11) is 1.61. The second-order valence-electron chi connectivity index (χ2n) is 4.22. The molecule has 0 saturated carbocycles. The molecule has 0 radical (unpaired) electrons. The van der Waals surface area contributed by atoms with E-state index in [2.05, 4.69) is 10.3 Å². The number of aromatic nitrogens is 1. The number of nitrogen functional groups attached to an aromatic ring is 1. The van der Waals surface area contributed by atoms with Crippen molar-refractivity contribution in [2.45, 2.75) is 0 Å². The largest absolute Gasteiger partial charge is 0.497 e. The van der Waals surface area contributed by atoms with Gasteiger partial charge in [-0.1, -0.05) is 0 Å². The lowest BCUT2D eigenvalue weighted by atomic mass is 10.2. The minimum Gasteiger partial charge on any atom is -0.497 e. The molecule has 0 aliphatic rings. The van der Waals surface area contributed by atoms with E-state index in [9.17, 15) is 4.79 Å². The van der Waals surface area contributed by atoms with Crippen molar-refractivity contribution >= 4 is 11.7 Å². The van der Waals surface area contributed by atoms with Crippen LogP contribution in [0.3, 0.4) is 0 Å². The van der Waals surface area contributed by atoms with Gasteiger partial charge in [0.2, 0.25) is 0 Å². The predicted octanol–water partition coefficient (Wildman–Crippen LogP) is 1.48. The standard InChI is InChI=1S/C15H17N3O3/c1-20-11-4-6-12(7-5-11)21-10-9-18-15(19)13-3-2-8-17-14(13)16/h2-8H,9-10H2,1H3,(H2,16,17)(H,18,19). The molecule has 0 unspecified atom stereocenters. The lowest BCUT2D eigenvalue weighted by Crippen LogP contribution is -2.28. The van der Waals surface area contributed by atoms with Crippen molar-refractivity contribution in [2.24, 2.45) is 0 Å². The maximum atomic E-state index is 11.9. The van der Waals surface area contributed by atoms with E-state index in [0.717, 1.165) is 5.75 Å². The zero-order chi connectivity index (χ0) is 15.1. The van der Waals surface area contributed by atoms with Crippen molar-refractivity contribution in [1.29, 1.82) is 0 Å². The molecule has 1 aromatic heterocycles. The third-order valence-electron chi connectivity index (χ3n) is 2.80. The Bertz CT molecular complexity index is 599. The number of carbonyl (C=O) groups excluding carboxylic acids is 1. The van der Waals surface area contributed by atoms with Crippen LogP contribution in [-0.2, 0) is 0 Å². The summed E-state index contributed by atoms with van der Waals surface area (Å²) in [6, 6.07) is 10.5. The molecular formula is C15H17N3O3. The minimum absolute atomic E-state index is 0.214. The number of nitrogens with two attached hydrogens (primary N) is 1. The van der Waals surface area contributed by atoms with Crippen LogP contribution in [0.25, 0.3) is 0 Å². The van der Waals surface area contributed by atoms with Crippen molar-refractivity contribution in [1.82, 2.24) is 10.3 Å². The Morgan fingerprint density at radius 1 is 1.24 bits per heavy atom. The third kappa shape index (κ3) is 4.10. The van der Waals surface area contributed by atoms with Crippen LogP contribution < -0.4 is 20.5 Å². The van der Waals surface area contributed by atoms with Crippen molar-refractivity contribution < 1.29 is 14.3 Å². The van der Waals surface area contributed by atoms with Gasteiger partial charge < -0.3 is 20.5 Å². The predicted molar refractivity (Wildman–Crippen MR) is 79.5 cm³/mol. The van der Waals surface area contributed by atoms with Gasteiger partial charge in [0.25, 0.3) is 5.91 Å². The van der Waals surface area contributed by atoms with Crippen molar-refractivity contribution in [3.8, 4) is 11.5 Å². The number of carbonyl (C=O) groups is 1. The summed E-state index contributed by atoms with van der Waals surface area (Å²) < 4.78 is 10.6. The van der Waals surface area contributed by atoms with E-state index >= 15 is 0 Å². The molecule has 0 atom stereocenters. The normalized spacial score (nSPS) is 9.95. The van der Waals surface area contributed by atoms with Crippen LogP contribution in [0.15, 0.2) is 42.6 Å². The van der Waals surface area contributed by atoms with Crippen LogP contribution in [-0.4, -0.2) is 31.2 Å². The summed E-state index contributed by atoms with van der Waals surface area (Å²) in [6.07, 6.45) is 1.54. The smallest absolute Gasteiger partial charge is 0.255 e. The molecule has 0 aliphatic carbocycles. The first kappa shape index (κ1) is 14.6. The van der Waals surface area contributed by atoms with Gasteiger partial charge in [-0.15, -0.1) is 0 Å². The SMILES string of the molecule is COc1ccc(OCCNC(=O)c2cccnc2N)cc1. The van der Waals surface area contributed by atoms with Crippen molar-refractivity contribution in [3.05, 3.63) is 48.2 Å². The van der Waals surface area contributed by atoms with Gasteiger partial charge in [0.1, 0.15) is 23.9 Å². The molecule has 1 amide bonds. The van der Waals surface area contributed by atoms with Gasteiger partial charge in [0, 0.05) is 6.20 Å². The average Bonchev–Trinajstić information content (AvgIpc) is 2.52. The first-order valence-electron chi connectivity index (χ1n) is 6.46. The first-order chi connectivity index (χ1) is 10.2. The molecule has 1 heterocycles. The molecule has 0 aliphatic heterocycles. The molecule has 6 nitrogen and oxygen atoms in total. The van der Waals surface area contributed by atoms with E-state index in [1.807, 2.05) is 12.1 Å². The number of ether oxygens (including phenoxy) is 2. The number of nitrogens with zero attached hydrogens (tertiary/aromatic N) is 1. The lowest BCUT2D eigenvalue weighted by molar-refractivity contribution is 0.0947. The van der Waals surface area contributed by atoms with Gasteiger partial charge in [-0.2, -0.15) is 0 Å². The molecule has 21 heavy (non-hydrogen) atoms. The zero-order valence-electron chi connectivity index (χ0n) is 11.7. The fourth-order valence-corrected chi connectivity index (χ4v) is 1.71. The highest BCUT2D eigenvalue weighted by Crippen LogP contribution is 2.16. The Morgan fingerprint density at radius 3 is 2.62 bits per heavy atom. The highest BCUT2D eigenvalue weighted by Gasteiger charge is 2.08. The van der Waals surface area contributed by atoms with E-state index in [-0.39, 0.29) is 11.7 Å². The lowest BCUT2D eigenvalue weighted by Gasteiger charge is -2.09. The second kappa shape index (κ2) is 7.14. The number of rotatable bonds is 6. The topological polar surface area (TPSA) is 86.5 Å². The van der Waals surface area contributed by atoms with Gasteiger partial charge in [-0.3, -0.25) is 4.79 Å². The Hall–Kier alpha value is -2.76. The van der Waals surface area contributed by atoms with Crippen molar-refractivity contribution in [3.63, 3.8) is 0 Å². The molecule has 0 fully saturated rings. The number of hydrogen-bond acceptors (Lipinski definition) is 5. The number of amides is 1. The Balaban J connectivity index is 1.76. The van der Waals surface area contributed by atoms with Crippen LogP contribution in [0.5, 0.6) is 11.5 Å². The molecule has 6 heteroatoms. The van der Waals surface area contributed by atoms with Gasteiger partial charge in [-0.25, -0.2) is 4.98 Å². The molecule has 1 aromatic carbocycles. The third-order valence-corrected chi connectivity index (χ3v) is 2.80. The second-order valence-corrected chi connectivity index (χ2v) is 4.22. The van der Waals surface area contributed by atoms with Crippen LogP contribution >= 0.6 is 0 Å². The molecule has 3 N–H and O–H groups in total. The Labute approximate surface area is 122 Å². The van der Waals surface area contributed by atoms with Gasteiger partial charge in [0.05, 0.1) is 19.2 Å². The quantitative estimate of drug-likeness (QED) is 0.786. The minimum atomic E-state index is -0.265. The fraction of sp³-hybridized carbons (Fsp3) is 0.200. The number of methoxy groups -OCH3 is 1. The maximum Gasteiger partial charge on any atom is 0.255 e. The molecule has 2 rings (SSSR count). The molecule has 0 spiro atoms. The Kier molecular flexibility index (Phi) is 4.98. The van der Waals surface area contributed by atoms with E-state index in [1.165, 1.54) is 0 Å². The summed E-state index contributed by atoms with van der Waals surface area (Å²) in [5, 5.41) is 2.72. The average molecular weight is 287 g/mol. The van der Waals surface area contributed by atoms with E-state index < -0.39 is 0 Å². The fourth-order valence-electron chi connectivity index (χ4n) is 1.71. The number of benzene rings is 1. The summed E-state index contributed by atoms with van der Waals surface area (Å²) in [6.45, 7) is 0.734. The van der Waals surface area contributed by atoms with Crippen molar-refractivity contribution in [2.75, 3.05) is 26.0 Å². The molecule has 0 saturated heterocycles. The van der Waals surface area contributed by atoms with Crippen LogP contribution in [0.2, 0.25) is 0 Å². The molecule has 110 valence electrons. The number of hydrogen-bond donors (Lipinski definition) is 2. The molecule has 2 aromatic rings. The molecule has 0 bridgehead atoms. The molecular weight excluding hydrogens is 270 g/mol. The monoisotopic (exact) mass is 287 g/mol. The van der Waals surface area contributed by atoms with Crippen LogP contribution in [0.4, 0.5) is 5.82 Å². The van der Waals surface area contributed by atoms with Gasteiger partial charge in [-0.05, 0) is 36.4 Å².